The van der Waals surface area contributed by atoms with E-state index in [1.807, 2.05) is 0 Å². The van der Waals surface area contributed by atoms with Gasteiger partial charge >= 0.3 is 0 Å². The number of hydrogen-bond acceptors (Lipinski definition) is 0. The normalized spacial score (nSPS) is 17.7. The zero-order valence-electron chi connectivity index (χ0n) is 25.5. The Balaban J connectivity index is 0.000000177. The summed E-state index contributed by atoms with van der Waals surface area (Å²) >= 11 is 0. The summed E-state index contributed by atoms with van der Waals surface area (Å²) in [4.78, 5) is 0. The van der Waals surface area contributed by atoms with E-state index in [1.165, 1.54) is 82.2 Å². The van der Waals surface area contributed by atoms with Gasteiger partial charge in [-0.15, -0.1) is 0 Å². The molecular weight excluding hydrogens is 468 g/mol. The highest BCUT2D eigenvalue weighted by Crippen LogP contribution is 2.51. The monoisotopic (exact) mass is 514 g/mol. The standard InChI is InChI=1S/C24H24.C15H22/c1-15-7-6-8-18(12-15)19-9-10-21-20(14-19)23-17(3)11-16(2)13-22(23)24(21,4)5;1-4-5-8-12-11-15(2,3)14-10-7-6-9-13(12)14/h6-14H,1-5H3;6,9,11H,4-5,7-8,10H2,1-3H3. The van der Waals surface area contributed by atoms with E-state index in [1.54, 1.807) is 16.7 Å². The third-order valence-corrected chi connectivity index (χ3v) is 9.10. The Morgan fingerprint density at radius 2 is 1.56 bits per heavy atom. The predicted octanol–water partition coefficient (Wildman–Crippen LogP) is 11.4. The lowest BCUT2D eigenvalue weighted by atomic mass is 9.81. The quantitative estimate of drug-likeness (QED) is 0.325. The number of benzene rings is 3. The van der Waals surface area contributed by atoms with E-state index in [-0.39, 0.29) is 5.41 Å². The maximum atomic E-state index is 2.50. The highest BCUT2D eigenvalue weighted by Gasteiger charge is 2.36. The molecule has 0 saturated carbocycles. The van der Waals surface area contributed by atoms with Crippen LogP contribution in [0.15, 0.2) is 89.5 Å². The van der Waals surface area contributed by atoms with Gasteiger partial charge in [0.1, 0.15) is 0 Å². The lowest BCUT2D eigenvalue weighted by molar-refractivity contribution is 0.558. The molecule has 0 radical (unpaired) electrons. The lowest BCUT2D eigenvalue weighted by Gasteiger charge is -2.22. The van der Waals surface area contributed by atoms with Crippen LogP contribution in [0.5, 0.6) is 0 Å². The SMILES string of the molecule is CCCCC1=CC(C)(C)C2=C1C=CCC2.Cc1cccc(-c2ccc3c(c2)-c2c(C)cc(C)cc2C3(C)C)c1. The van der Waals surface area contributed by atoms with Gasteiger partial charge in [0.25, 0.3) is 0 Å². The Labute approximate surface area is 237 Å². The molecule has 0 amide bonds. The molecule has 0 heteroatoms. The van der Waals surface area contributed by atoms with Gasteiger partial charge in [-0.1, -0.05) is 124 Å². The van der Waals surface area contributed by atoms with Crippen molar-refractivity contribution in [2.75, 3.05) is 0 Å². The van der Waals surface area contributed by atoms with Crippen LogP contribution in [-0.4, -0.2) is 0 Å². The van der Waals surface area contributed by atoms with Gasteiger partial charge in [0, 0.05) is 10.8 Å². The van der Waals surface area contributed by atoms with E-state index >= 15 is 0 Å². The molecule has 0 bridgehead atoms. The zero-order valence-corrected chi connectivity index (χ0v) is 25.5. The Bertz CT molecular complexity index is 1500. The Morgan fingerprint density at radius 1 is 0.795 bits per heavy atom. The Kier molecular flexibility index (Phi) is 7.36. The zero-order chi connectivity index (χ0) is 27.9. The van der Waals surface area contributed by atoms with Gasteiger partial charge in [-0.25, -0.2) is 0 Å². The van der Waals surface area contributed by atoms with Crippen molar-refractivity contribution in [3.63, 3.8) is 0 Å². The first-order valence-electron chi connectivity index (χ1n) is 15.0. The molecule has 39 heavy (non-hydrogen) atoms. The number of hydrogen-bond donors (Lipinski definition) is 0. The second kappa shape index (κ2) is 10.5. The lowest BCUT2D eigenvalue weighted by Crippen LogP contribution is -2.15. The van der Waals surface area contributed by atoms with Crippen molar-refractivity contribution in [1.82, 2.24) is 0 Å². The molecule has 0 nitrogen and oxygen atoms in total. The molecule has 3 aliphatic carbocycles. The first-order chi connectivity index (χ1) is 18.5. The summed E-state index contributed by atoms with van der Waals surface area (Å²) in [5.41, 5.74) is 17.7. The number of allylic oxidation sites excluding steroid dienone is 6. The fourth-order valence-electron chi connectivity index (χ4n) is 7.07. The highest BCUT2D eigenvalue weighted by atomic mass is 14.4. The van der Waals surface area contributed by atoms with Crippen molar-refractivity contribution in [3.8, 4) is 22.3 Å². The molecule has 3 aromatic carbocycles. The largest absolute Gasteiger partial charge is 0.0836 e. The van der Waals surface area contributed by atoms with Crippen LogP contribution in [0, 0.1) is 26.2 Å². The third-order valence-electron chi connectivity index (χ3n) is 9.10. The minimum atomic E-state index is 0.0760. The predicted molar refractivity (Wildman–Crippen MR) is 170 cm³/mol. The average Bonchev–Trinajstić information content (AvgIpc) is 3.29. The average molecular weight is 515 g/mol. The van der Waals surface area contributed by atoms with E-state index in [0.29, 0.717) is 5.41 Å². The van der Waals surface area contributed by atoms with Crippen molar-refractivity contribution in [2.24, 2.45) is 5.41 Å². The van der Waals surface area contributed by atoms with Crippen LogP contribution < -0.4 is 0 Å². The van der Waals surface area contributed by atoms with Crippen molar-refractivity contribution in [1.29, 1.82) is 0 Å². The highest BCUT2D eigenvalue weighted by molar-refractivity contribution is 5.86. The molecule has 3 aliphatic rings. The second-order valence-corrected chi connectivity index (χ2v) is 13.1. The summed E-state index contributed by atoms with van der Waals surface area (Å²) in [5, 5.41) is 0. The topological polar surface area (TPSA) is 0 Å². The van der Waals surface area contributed by atoms with Gasteiger partial charge in [-0.2, -0.15) is 0 Å². The fraction of sp³-hybridized carbons (Fsp3) is 0.385. The Morgan fingerprint density at radius 3 is 2.31 bits per heavy atom. The Hall–Kier alpha value is -3.12. The molecule has 0 aliphatic heterocycles. The molecule has 0 atom stereocenters. The van der Waals surface area contributed by atoms with Gasteiger partial charge in [0.15, 0.2) is 0 Å². The molecular formula is C39H46. The molecule has 0 aromatic heterocycles. The van der Waals surface area contributed by atoms with Crippen LogP contribution in [0.1, 0.15) is 94.5 Å². The summed E-state index contributed by atoms with van der Waals surface area (Å²) in [6.45, 7) is 18.3. The van der Waals surface area contributed by atoms with E-state index in [4.69, 9.17) is 0 Å². The van der Waals surface area contributed by atoms with Gasteiger partial charge < -0.3 is 0 Å². The maximum absolute atomic E-state index is 2.50. The summed E-state index contributed by atoms with van der Waals surface area (Å²) < 4.78 is 0. The summed E-state index contributed by atoms with van der Waals surface area (Å²) in [7, 11) is 0. The smallest absolute Gasteiger partial charge is 0.0159 e. The molecule has 0 N–H and O–H groups in total. The summed E-state index contributed by atoms with van der Waals surface area (Å²) in [6, 6.07) is 20.5. The van der Waals surface area contributed by atoms with Crippen molar-refractivity contribution >= 4 is 0 Å². The minimum absolute atomic E-state index is 0.0760. The van der Waals surface area contributed by atoms with Gasteiger partial charge in [-0.3, -0.25) is 0 Å². The first-order valence-corrected chi connectivity index (χ1v) is 15.0. The van der Waals surface area contributed by atoms with Crippen molar-refractivity contribution in [2.45, 2.75) is 92.9 Å². The van der Waals surface area contributed by atoms with Crippen molar-refractivity contribution < 1.29 is 0 Å². The van der Waals surface area contributed by atoms with E-state index in [2.05, 4.69) is 128 Å². The molecule has 202 valence electrons. The summed E-state index contributed by atoms with van der Waals surface area (Å²) in [6.07, 6.45) is 13.6. The molecule has 3 aromatic rings. The maximum Gasteiger partial charge on any atom is 0.0159 e. The van der Waals surface area contributed by atoms with Gasteiger partial charge in [0.05, 0.1) is 0 Å². The van der Waals surface area contributed by atoms with Crippen LogP contribution in [0.2, 0.25) is 0 Å². The van der Waals surface area contributed by atoms with Gasteiger partial charge in [0.2, 0.25) is 0 Å². The first kappa shape index (κ1) is 27.4. The molecule has 0 fully saturated rings. The molecule has 0 unspecified atom stereocenters. The molecule has 0 heterocycles. The molecule has 0 spiro atoms. The van der Waals surface area contributed by atoms with E-state index in [0.717, 1.165) is 0 Å². The van der Waals surface area contributed by atoms with E-state index < -0.39 is 0 Å². The van der Waals surface area contributed by atoms with Gasteiger partial charge in [-0.05, 0) is 103 Å². The third kappa shape index (κ3) is 5.11. The number of aryl methyl sites for hydroxylation is 3. The second-order valence-electron chi connectivity index (χ2n) is 13.1. The van der Waals surface area contributed by atoms with Crippen LogP contribution in [-0.2, 0) is 5.41 Å². The summed E-state index contributed by atoms with van der Waals surface area (Å²) in [5.74, 6) is 0. The van der Waals surface area contributed by atoms with Crippen LogP contribution in [0.4, 0.5) is 0 Å². The number of rotatable bonds is 4. The minimum Gasteiger partial charge on any atom is -0.0836 e. The van der Waals surface area contributed by atoms with E-state index in [9.17, 15) is 0 Å². The van der Waals surface area contributed by atoms with Crippen LogP contribution in [0.3, 0.4) is 0 Å². The number of unbranched alkanes of at least 4 members (excludes halogenated alkanes) is 1. The van der Waals surface area contributed by atoms with Crippen LogP contribution >= 0.6 is 0 Å². The molecule has 0 saturated heterocycles. The number of fused-ring (bicyclic) bond motifs is 3. The van der Waals surface area contributed by atoms with Crippen LogP contribution in [0.25, 0.3) is 22.3 Å². The molecule has 6 rings (SSSR count). The van der Waals surface area contributed by atoms with Crippen molar-refractivity contribution in [3.05, 3.63) is 117 Å². The fourth-order valence-corrected chi connectivity index (χ4v) is 7.07.